The first kappa shape index (κ1) is 12.6. The van der Waals surface area contributed by atoms with Gasteiger partial charge in [0.25, 0.3) is 0 Å². The third-order valence-corrected chi connectivity index (χ3v) is 2.78. The maximum atomic E-state index is 10.7. The highest BCUT2D eigenvalue weighted by Crippen LogP contribution is 2.19. The third-order valence-electron chi connectivity index (χ3n) is 1.94. The van der Waals surface area contributed by atoms with E-state index in [0.717, 1.165) is 17.7 Å². The highest BCUT2D eigenvalue weighted by molar-refractivity contribution is 8.13. The zero-order valence-corrected chi connectivity index (χ0v) is 9.96. The molecule has 4 N–H and O–H groups in total. The highest BCUT2D eigenvalue weighted by atomic mass is 32.2. The molecule has 1 heterocycles. The Balaban J connectivity index is 2.50. The van der Waals surface area contributed by atoms with E-state index in [2.05, 4.69) is 4.98 Å². The van der Waals surface area contributed by atoms with Crippen LogP contribution in [0.1, 0.15) is 18.9 Å². The summed E-state index contributed by atoms with van der Waals surface area (Å²) in [5.74, 6) is 0.779. The molecular formula is C11H15N3OS. The molecule has 0 unspecified atom stereocenters. The molecule has 0 aliphatic rings. The van der Waals surface area contributed by atoms with Gasteiger partial charge in [-0.25, -0.2) is 0 Å². The SMILES string of the molecule is CC(=O)SCCC=Cc1cncc(N)c1N. The number of aromatic nitrogens is 1. The predicted octanol–water partition coefficient (Wildman–Crippen LogP) is 1.93. The van der Waals surface area contributed by atoms with Gasteiger partial charge in [-0.1, -0.05) is 23.9 Å². The van der Waals surface area contributed by atoms with Crippen LogP contribution in [0.2, 0.25) is 0 Å². The Labute approximate surface area is 99.1 Å². The number of anilines is 2. The molecule has 1 aromatic heterocycles. The fourth-order valence-corrected chi connectivity index (χ4v) is 1.66. The van der Waals surface area contributed by atoms with Gasteiger partial charge in [0.1, 0.15) is 0 Å². The number of nitrogens with zero attached hydrogens (tertiary/aromatic N) is 1. The van der Waals surface area contributed by atoms with Gasteiger partial charge in [0.15, 0.2) is 5.12 Å². The van der Waals surface area contributed by atoms with Crippen LogP contribution in [0.25, 0.3) is 6.08 Å². The quantitative estimate of drug-likeness (QED) is 0.782. The van der Waals surface area contributed by atoms with Crippen molar-refractivity contribution in [1.29, 1.82) is 0 Å². The van der Waals surface area contributed by atoms with Gasteiger partial charge in [0.05, 0.1) is 17.6 Å². The lowest BCUT2D eigenvalue weighted by molar-refractivity contribution is -0.109. The largest absolute Gasteiger partial charge is 0.396 e. The molecule has 1 aromatic rings. The van der Waals surface area contributed by atoms with Crippen molar-refractivity contribution < 1.29 is 4.79 Å². The number of nitrogens with two attached hydrogens (primary N) is 2. The Kier molecular flexibility index (Phi) is 4.85. The summed E-state index contributed by atoms with van der Waals surface area (Å²) in [4.78, 5) is 14.6. The van der Waals surface area contributed by atoms with Crippen LogP contribution < -0.4 is 11.5 Å². The molecule has 0 aromatic carbocycles. The number of rotatable bonds is 4. The van der Waals surface area contributed by atoms with Crippen molar-refractivity contribution in [2.45, 2.75) is 13.3 Å². The molecule has 0 amide bonds. The maximum Gasteiger partial charge on any atom is 0.185 e. The zero-order chi connectivity index (χ0) is 12.0. The fraction of sp³-hybridized carbons (Fsp3) is 0.273. The van der Waals surface area contributed by atoms with Crippen molar-refractivity contribution in [3.05, 3.63) is 24.0 Å². The number of hydrogen-bond donors (Lipinski definition) is 2. The lowest BCUT2D eigenvalue weighted by atomic mass is 10.2. The van der Waals surface area contributed by atoms with Crippen LogP contribution in [0.5, 0.6) is 0 Å². The molecule has 0 aliphatic heterocycles. The molecule has 16 heavy (non-hydrogen) atoms. The van der Waals surface area contributed by atoms with Crippen LogP contribution in [0.4, 0.5) is 11.4 Å². The molecule has 0 aliphatic carbocycles. The Hall–Kier alpha value is -1.49. The Morgan fingerprint density at radius 3 is 2.94 bits per heavy atom. The Morgan fingerprint density at radius 2 is 2.25 bits per heavy atom. The number of hydrogen-bond acceptors (Lipinski definition) is 5. The summed E-state index contributed by atoms with van der Waals surface area (Å²) in [7, 11) is 0. The lowest BCUT2D eigenvalue weighted by Crippen LogP contribution is -1.97. The maximum absolute atomic E-state index is 10.7. The van der Waals surface area contributed by atoms with Crippen LogP contribution in [0, 0.1) is 0 Å². The van der Waals surface area contributed by atoms with Crippen LogP contribution in [0.3, 0.4) is 0 Å². The van der Waals surface area contributed by atoms with Gasteiger partial charge in [-0.3, -0.25) is 9.78 Å². The van der Waals surface area contributed by atoms with E-state index in [-0.39, 0.29) is 5.12 Å². The van der Waals surface area contributed by atoms with Gasteiger partial charge in [-0.05, 0) is 6.42 Å². The Morgan fingerprint density at radius 1 is 1.50 bits per heavy atom. The van der Waals surface area contributed by atoms with Crippen molar-refractivity contribution >= 4 is 34.3 Å². The zero-order valence-electron chi connectivity index (χ0n) is 9.14. The number of carbonyl (C=O) groups excluding carboxylic acids is 1. The number of thioether (sulfide) groups is 1. The monoisotopic (exact) mass is 237 g/mol. The minimum absolute atomic E-state index is 0.138. The van der Waals surface area contributed by atoms with Crippen molar-refractivity contribution in [3.8, 4) is 0 Å². The first-order valence-electron chi connectivity index (χ1n) is 4.90. The van der Waals surface area contributed by atoms with Crippen molar-refractivity contribution in [3.63, 3.8) is 0 Å². The average molecular weight is 237 g/mol. The highest BCUT2D eigenvalue weighted by Gasteiger charge is 1.98. The van der Waals surface area contributed by atoms with Gasteiger partial charge in [-0.2, -0.15) is 0 Å². The van der Waals surface area contributed by atoms with Gasteiger partial charge >= 0.3 is 0 Å². The topological polar surface area (TPSA) is 82.0 Å². The van der Waals surface area contributed by atoms with E-state index in [4.69, 9.17) is 11.5 Å². The van der Waals surface area contributed by atoms with Gasteiger partial charge < -0.3 is 11.5 Å². The average Bonchev–Trinajstić information content (AvgIpc) is 2.23. The van der Waals surface area contributed by atoms with Gasteiger partial charge in [-0.15, -0.1) is 0 Å². The second kappa shape index (κ2) is 6.17. The molecular weight excluding hydrogens is 222 g/mol. The summed E-state index contributed by atoms with van der Waals surface area (Å²) >= 11 is 1.31. The minimum Gasteiger partial charge on any atom is -0.396 e. The van der Waals surface area contributed by atoms with Crippen molar-refractivity contribution in [1.82, 2.24) is 4.98 Å². The standard InChI is InChI=1S/C11H15N3OS/c1-8(15)16-5-3-2-4-9-6-14-7-10(12)11(9)13/h2,4,6-7H,3,5,12H2,1H3,(H2,13,14). The predicted molar refractivity (Wildman–Crippen MR) is 69.9 cm³/mol. The molecule has 1 rings (SSSR count). The molecule has 0 atom stereocenters. The van der Waals surface area contributed by atoms with E-state index in [9.17, 15) is 4.79 Å². The summed E-state index contributed by atoms with van der Waals surface area (Å²) in [6, 6.07) is 0. The molecule has 0 saturated carbocycles. The summed E-state index contributed by atoms with van der Waals surface area (Å²) < 4.78 is 0. The molecule has 0 spiro atoms. The molecule has 0 saturated heterocycles. The molecule has 0 radical (unpaired) electrons. The number of carbonyl (C=O) groups is 1. The molecule has 0 bridgehead atoms. The smallest absolute Gasteiger partial charge is 0.185 e. The van der Waals surface area contributed by atoms with Crippen LogP contribution in [-0.4, -0.2) is 15.9 Å². The second-order valence-corrected chi connectivity index (χ2v) is 4.53. The summed E-state index contributed by atoms with van der Waals surface area (Å²) in [5.41, 5.74) is 13.2. The number of pyridine rings is 1. The summed E-state index contributed by atoms with van der Waals surface area (Å²) in [5, 5.41) is 0.138. The molecule has 0 fully saturated rings. The van der Waals surface area contributed by atoms with E-state index in [1.165, 1.54) is 18.0 Å². The normalized spacial score (nSPS) is 10.8. The minimum atomic E-state index is 0.138. The second-order valence-electron chi connectivity index (χ2n) is 3.26. The molecule has 5 heteroatoms. The van der Waals surface area contributed by atoms with E-state index < -0.39 is 0 Å². The van der Waals surface area contributed by atoms with E-state index in [0.29, 0.717) is 11.4 Å². The van der Waals surface area contributed by atoms with E-state index in [1.807, 2.05) is 12.2 Å². The molecule has 86 valence electrons. The van der Waals surface area contributed by atoms with Gasteiger partial charge in [0, 0.05) is 24.4 Å². The van der Waals surface area contributed by atoms with E-state index in [1.54, 1.807) is 13.1 Å². The first-order valence-corrected chi connectivity index (χ1v) is 5.88. The third kappa shape index (κ3) is 3.94. The fourth-order valence-electron chi connectivity index (χ4n) is 1.12. The lowest BCUT2D eigenvalue weighted by Gasteiger charge is -2.02. The first-order chi connectivity index (χ1) is 7.61. The van der Waals surface area contributed by atoms with Gasteiger partial charge in [0.2, 0.25) is 0 Å². The van der Waals surface area contributed by atoms with Crippen LogP contribution in [-0.2, 0) is 4.79 Å². The summed E-state index contributed by atoms with van der Waals surface area (Å²) in [6.07, 6.45) is 7.85. The van der Waals surface area contributed by atoms with E-state index >= 15 is 0 Å². The number of nitrogen functional groups attached to an aromatic ring is 2. The van der Waals surface area contributed by atoms with Crippen LogP contribution in [0.15, 0.2) is 18.5 Å². The summed E-state index contributed by atoms with van der Waals surface area (Å²) in [6.45, 7) is 1.56. The van der Waals surface area contributed by atoms with Crippen molar-refractivity contribution in [2.24, 2.45) is 0 Å². The van der Waals surface area contributed by atoms with Crippen LogP contribution >= 0.6 is 11.8 Å². The van der Waals surface area contributed by atoms with Crippen molar-refractivity contribution in [2.75, 3.05) is 17.2 Å². The Bertz CT molecular complexity index is 404. The molecule has 4 nitrogen and oxygen atoms in total. The number of allylic oxidation sites excluding steroid dienone is 1.